The van der Waals surface area contributed by atoms with E-state index >= 15 is 0 Å². The lowest BCUT2D eigenvalue weighted by Gasteiger charge is -2.10. The molecule has 0 atom stereocenters. The van der Waals surface area contributed by atoms with E-state index in [4.69, 9.17) is 5.73 Å². The third-order valence-corrected chi connectivity index (χ3v) is 2.75. The summed E-state index contributed by atoms with van der Waals surface area (Å²) in [7, 11) is 0. The second kappa shape index (κ2) is 4.99. The largest absolute Gasteiger partial charge is 0.383 e. The lowest BCUT2D eigenvalue weighted by atomic mass is 10.3. The first-order valence-electron chi connectivity index (χ1n) is 5.83. The number of rotatable bonds is 4. The molecule has 18 heavy (non-hydrogen) atoms. The van der Waals surface area contributed by atoms with Crippen molar-refractivity contribution in [3.8, 4) is 0 Å². The Morgan fingerprint density at radius 2 is 2.11 bits per heavy atom. The second-order valence-electron chi connectivity index (χ2n) is 4.02. The third-order valence-electron chi connectivity index (χ3n) is 2.75. The first-order valence-corrected chi connectivity index (χ1v) is 5.83. The summed E-state index contributed by atoms with van der Waals surface area (Å²) in [5.41, 5.74) is 6.65. The van der Waals surface area contributed by atoms with Gasteiger partial charge in [0.25, 0.3) is 0 Å². The van der Waals surface area contributed by atoms with Gasteiger partial charge in [0.15, 0.2) is 5.82 Å². The first kappa shape index (κ1) is 12.3. The van der Waals surface area contributed by atoms with Crippen LogP contribution in [0.2, 0.25) is 0 Å². The van der Waals surface area contributed by atoms with Crippen molar-refractivity contribution < 1.29 is 0 Å². The van der Waals surface area contributed by atoms with E-state index < -0.39 is 0 Å². The van der Waals surface area contributed by atoms with Gasteiger partial charge in [-0.1, -0.05) is 0 Å². The molecule has 0 aromatic carbocycles. The fourth-order valence-corrected chi connectivity index (χ4v) is 1.66. The van der Waals surface area contributed by atoms with Crippen molar-refractivity contribution in [3.63, 3.8) is 0 Å². The Labute approximate surface area is 105 Å². The minimum absolute atomic E-state index is 0.502. The van der Waals surface area contributed by atoms with Gasteiger partial charge in [-0.2, -0.15) is 0 Å². The molecule has 2 aromatic heterocycles. The van der Waals surface area contributed by atoms with Gasteiger partial charge in [0.2, 0.25) is 0 Å². The fraction of sp³-hybridized carbons (Fsp3) is 0.455. The number of hydrogen-bond acceptors (Lipinski definition) is 6. The topological polar surface area (TPSA) is 94.5 Å². The molecule has 7 nitrogen and oxygen atoms in total. The minimum Gasteiger partial charge on any atom is -0.383 e. The summed E-state index contributed by atoms with van der Waals surface area (Å²) in [5, 5.41) is 11.1. The Bertz CT molecular complexity index is 546. The predicted molar refractivity (Wildman–Crippen MR) is 68.9 cm³/mol. The molecule has 0 aliphatic carbocycles. The summed E-state index contributed by atoms with van der Waals surface area (Å²) < 4.78 is 1.97. The molecule has 0 saturated heterocycles. The number of nitrogens with one attached hydrogen (secondary N) is 1. The third kappa shape index (κ3) is 2.39. The Morgan fingerprint density at radius 3 is 2.83 bits per heavy atom. The quantitative estimate of drug-likeness (QED) is 0.833. The van der Waals surface area contributed by atoms with Gasteiger partial charge in [-0.15, -0.1) is 10.2 Å². The zero-order valence-electron chi connectivity index (χ0n) is 10.8. The van der Waals surface area contributed by atoms with Gasteiger partial charge in [-0.05, 0) is 20.8 Å². The van der Waals surface area contributed by atoms with Gasteiger partial charge < -0.3 is 15.6 Å². The number of aromatic nitrogens is 5. The molecule has 0 aliphatic rings. The van der Waals surface area contributed by atoms with Crippen molar-refractivity contribution in [2.45, 2.75) is 33.9 Å². The van der Waals surface area contributed by atoms with Crippen molar-refractivity contribution in [2.24, 2.45) is 0 Å². The molecule has 0 fully saturated rings. The van der Waals surface area contributed by atoms with E-state index in [1.165, 1.54) is 0 Å². The maximum absolute atomic E-state index is 5.80. The van der Waals surface area contributed by atoms with Crippen molar-refractivity contribution in [1.82, 2.24) is 24.7 Å². The average Bonchev–Trinajstić information content (AvgIpc) is 2.79. The molecule has 0 saturated carbocycles. The maximum Gasteiger partial charge on any atom is 0.152 e. The lowest BCUT2D eigenvalue weighted by molar-refractivity contribution is 0.707. The number of nitrogens with two attached hydrogens (primary N) is 1. The van der Waals surface area contributed by atoms with E-state index in [1.54, 1.807) is 6.33 Å². The van der Waals surface area contributed by atoms with Crippen LogP contribution in [0.5, 0.6) is 0 Å². The Kier molecular flexibility index (Phi) is 3.40. The normalized spacial score (nSPS) is 10.6. The van der Waals surface area contributed by atoms with E-state index in [-0.39, 0.29) is 0 Å². The summed E-state index contributed by atoms with van der Waals surface area (Å²) in [5.74, 6) is 2.76. The molecule has 2 aromatic rings. The minimum atomic E-state index is 0.502. The number of anilines is 2. The van der Waals surface area contributed by atoms with Crippen molar-refractivity contribution in [2.75, 3.05) is 11.1 Å². The van der Waals surface area contributed by atoms with Gasteiger partial charge in [0.1, 0.15) is 23.8 Å². The highest BCUT2D eigenvalue weighted by Gasteiger charge is 2.08. The molecule has 0 radical (unpaired) electrons. The Morgan fingerprint density at radius 1 is 1.33 bits per heavy atom. The van der Waals surface area contributed by atoms with E-state index in [0.29, 0.717) is 18.2 Å². The van der Waals surface area contributed by atoms with Crippen LogP contribution in [0.1, 0.15) is 24.1 Å². The van der Waals surface area contributed by atoms with Gasteiger partial charge in [0, 0.05) is 12.1 Å². The molecule has 0 unspecified atom stereocenters. The fourth-order valence-electron chi connectivity index (χ4n) is 1.66. The Balaban J connectivity index is 2.16. The van der Waals surface area contributed by atoms with Gasteiger partial charge >= 0.3 is 0 Å². The summed E-state index contributed by atoms with van der Waals surface area (Å²) in [6, 6.07) is 0. The van der Waals surface area contributed by atoms with E-state index in [1.807, 2.05) is 25.3 Å². The molecular formula is C11H17N7. The molecule has 2 heterocycles. The van der Waals surface area contributed by atoms with Crippen LogP contribution in [0.4, 0.5) is 11.6 Å². The van der Waals surface area contributed by atoms with Crippen LogP contribution in [0, 0.1) is 13.8 Å². The first-order chi connectivity index (χ1) is 8.61. The highest BCUT2D eigenvalue weighted by Crippen LogP contribution is 2.17. The molecule has 96 valence electrons. The van der Waals surface area contributed by atoms with Gasteiger partial charge in [-0.25, -0.2) is 9.97 Å². The van der Waals surface area contributed by atoms with Crippen LogP contribution < -0.4 is 11.1 Å². The maximum atomic E-state index is 5.80. The predicted octanol–water partition coefficient (Wildman–Crippen LogP) is 0.899. The van der Waals surface area contributed by atoms with Crippen LogP contribution in [0.15, 0.2) is 6.33 Å². The van der Waals surface area contributed by atoms with Gasteiger partial charge in [-0.3, -0.25) is 0 Å². The zero-order chi connectivity index (χ0) is 13.1. The van der Waals surface area contributed by atoms with Crippen LogP contribution in [0.25, 0.3) is 0 Å². The SMILES string of the molecule is CCn1cnnc1CNc1nc(C)nc(N)c1C. The molecule has 0 spiro atoms. The molecular weight excluding hydrogens is 230 g/mol. The second-order valence-corrected chi connectivity index (χ2v) is 4.02. The van der Waals surface area contributed by atoms with Crippen molar-refractivity contribution in [1.29, 1.82) is 0 Å². The summed E-state index contributed by atoms with van der Waals surface area (Å²) in [6.45, 7) is 7.15. The number of nitrogens with zero attached hydrogens (tertiary/aromatic N) is 5. The molecule has 0 aliphatic heterocycles. The van der Waals surface area contributed by atoms with Crippen molar-refractivity contribution in [3.05, 3.63) is 23.5 Å². The average molecular weight is 247 g/mol. The van der Waals surface area contributed by atoms with Crippen LogP contribution in [-0.4, -0.2) is 24.7 Å². The molecule has 3 N–H and O–H groups in total. The highest BCUT2D eigenvalue weighted by atomic mass is 15.3. The smallest absolute Gasteiger partial charge is 0.152 e. The molecule has 0 bridgehead atoms. The summed E-state index contributed by atoms with van der Waals surface area (Å²) in [6.07, 6.45) is 1.71. The molecule has 7 heteroatoms. The zero-order valence-corrected chi connectivity index (χ0v) is 10.8. The van der Waals surface area contributed by atoms with E-state index in [2.05, 4.69) is 25.5 Å². The van der Waals surface area contributed by atoms with Crippen LogP contribution >= 0.6 is 0 Å². The van der Waals surface area contributed by atoms with E-state index in [9.17, 15) is 0 Å². The summed E-state index contributed by atoms with van der Waals surface area (Å²) in [4.78, 5) is 8.43. The van der Waals surface area contributed by atoms with Gasteiger partial charge in [0.05, 0.1) is 6.54 Å². The molecule has 0 amide bonds. The molecule has 2 rings (SSSR count). The Hall–Kier alpha value is -2.18. The monoisotopic (exact) mass is 247 g/mol. The number of hydrogen-bond donors (Lipinski definition) is 2. The summed E-state index contributed by atoms with van der Waals surface area (Å²) >= 11 is 0. The van der Waals surface area contributed by atoms with Crippen molar-refractivity contribution >= 4 is 11.6 Å². The van der Waals surface area contributed by atoms with Crippen LogP contribution in [0.3, 0.4) is 0 Å². The number of nitrogen functional groups attached to an aromatic ring is 1. The lowest BCUT2D eigenvalue weighted by Crippen LogP contribution is -2.11. The standard InChI is InChI=1S/C11H17N7/c1-4-18-6-14-17-9(18)5-13-11-7(2)10(12)15-8(3)16-11/h6H,4-5H2,1-3H3,(H3,12,13,15,16). The highest BCUT2D eigenvalue weighted by molar-refractivity contribution is 5.54. The van der Waals surface area contributed by atoms with Crippen LogP contribution in [-0.2, 0) is 13.1 Å². The number of aryl methyl sites for hydroxylation is 2. The van der Waals surface area contributed by atoms with E-state index in [0.717, 1.165) is 23.8 Å².